The van der Waals surface area contributed by atoms with E-state index in [0.717, 1.165) is 37.0 Å². The Hall–Kier alpha value is -0.220. The van der Waals surface area contributed by atoms with Crippen molar-refractivity contribution in [2.24, 2.45) is 0 Å². The van der Waals surface area contributed by atoms with Crippen LogP contribution in [0, 0.1) is 0 Å². The van der Waals surface area contributed by atoms with Crippen molar-refractivity contribution in [2.75, 3.05) is 31.9 Å². The summed E-state index contributed by atoms with van der Waals surface area (Å²) < 4.78 is 0. The van der Waals surface area contributed by atoms with Crippen molar-refractivity contribution in [3.05, 3.63) is 28.8 Å². The van der Waals surface area contributed by atoms with Gasteiger partial charge in [0.15, 0.2) is 0 Å². The van der Waals surface area contributed by atoms with Gasteiger partial charge in [0.25, 0.3) is 0 Å². The predicted octanol–water partition coefficient (Wildman–Crippen LogP) is 4.44. The minimum atomic E-state index is 0.354. The molecular formula is C16H27ClN2S. The molecule has 0 saturated carbocycles. The molecule has 0 aliphatic rings. The minimum Gasteiger partial charge on any atom is -0.310 e. The van der Waals surface area contributed by atoms with Gasteiger partial charge in [-0.1, -0.05) is 38.4 Å². The summed E-state index contributed by atoms with van der Waals surface area (Å²) >= 11 is 8.24. The number of benzene rings is 1. The Morgan fingerprint density at radius 2 is 1.95 bits per heavy atom. The highest BCUT2D eigenvalue weighted by Gasteiger charge is 2.08. The van der Waals surface area contributed by atoms with E-state index in [1.165, 1.54) is 10.5 Å². The standard InChI is InChI=1S/C16H27ClN2S/c1-5-18-13(4)14-8-9-16(15(17)12-14)20-11-10-19(6-2)7-3/h8-9,12-13,18H,5-7,10-11H2,1-4H3. The van der Waals surface area contributed by atoms with Crippen LogP contribution in [-0.2, 0) is 0 Å². The first kappa shape index (κ1) is 17.8. The van der Waals surface area contributed by atoms with Crippen LogP contribution in [0.25, 0.3) is 0 Å². The maximum atomic E-state index is 6.39. The normalized spacial score (nSPS) is 12.9. The van der Waals surface area contributed by atoms with Gasteiger partial charge in [0.2, 0.25) is 0 Å². The highest BCUT2D eigenvalue weighted by molar-refractivity contribution is 7.99. The second-order valence-corrected chi connectivity index (χ2v) is 6.39. The summed E-state index contributed by atoms with van der Waals surface area (Å²) in [6.07, 6.45) is 0. The third-order valence-electron chi connectivity index (χ3n) is 3.53. The molecule has 0 aromatic heterocycles. The first-order chi connectivity index (χ1) is 9.62. The zero-order chi connectivity index (χ0) is 15.0. The Bertz CT molecular complexity index is 394. The molecule has 114 valence electrons. The van der Waals surface area contributed by atoms with Crippen LogP contribution in [0.5, 0.6) is 0 Å². The van der Waals surface area contributed by atoms with E-state index in [1.807, 2.05) is 11.8 Å². The molecule has 0 heterocycles. The summed E-state index contributed by atoms with van der Waals surface area (Å²) in [5, 5.41) is 4.28. The monoisotopic (exact) mass is 314 g/mol. The molecule has 0 spiro atoms. The SMILES string of the molecule is CCNC(C)c1ccc(SCCN(CC)CC)c(Cl)c1. The maximum Gasteiger partial charge on any atom is 0.0545 e. The number of hydrogen-bond acceptors (Lipinski definition) is 3. The van der Waals surface area contributed by atoms with Crippen molar-refractivity contribution in [3.63, 3.8) is 0 Å². The van der Waals surface area contributed by atoms with Gasteiger partial charge in [-0.25, -0.2) is 0 Å². The van der Waals surface area contributed by atoms with Gasteiger partial charge in [-0.3, -0.25) is 0 Å². The van der Waals surface area contributed by atoms with Crippen LogP contribution in [0.4, 0.5) is 0 Å². The largest absolute Gasteiger partial charge is 0.310 e. The van der Waals surface area contributed by atoms with Crippen molar-refractivity contribution < 1.29 is 0 Å². The molecule has 0 amide bonds. The average Bonchev–Trinajstić information content (AvgIpc) is 2.45. The van der Waals surface area contributed by atoms with Gasteiger partial charge in [-0.15, -0.1) is 11.8 Å². The third-order valence-corrected chi connectivity index (χ3v) is 5.00. The van der Waals surface area contributed by atoms with E-state index in [1.54, 1.807) is 0 Å². The Labute approximate surface area is 133 Å². The van der Waals surface area contributed by atoms with Gasteiger partial charge in [0.1, 0.15) is 0 Å². The van der Waals surface area contributed by atoms with Crippen LogP contribution >= 0.6 is 23.4 Å². The number of rotatable bonds is 9. The number of hydrogen-bond donors (Lipinski definition) is 1. The molecule has 1 unspecified atom stereocenters. The number of halogens is 1. The average molecular weight is 315 g/mol. The molecule has 0 aliphatic heterocycles. The lowest BCUT2D eigenvalue weighted by Gasteiger charge is -2.18. The Kier molecular flexibility index (Phi) is 8.62. The van der Waals surface area contributed by atoms with E-state index >= 15 is 0 Å². The van der Waals surface area contributed by atoms with E-state index in [2.05, 4.69) is 56.1 Å². The summed E-state index contributed by atoms with van der Waals surface area (Å²) in [6.45, 7) is 13.0. The highest BCUT2D eigenvalue weighted by atomic mass is 35.5. The fraction of sp³-hybridized carbons (Fsp3) is 0.625. The molecule has 2 nitrogen and oxygen atoms in total. The molecule has 20 heavy (non-hydrogen) atoms. The smallest absolute Gasteiger partial charge is 0.0545 e. The fourth-order valence-electron chi connectivity index (χ4n) is 2.15. The summed E-state index contributed by atoms with van der Waals surface area (Å²) in [5.74, 6) is 1.09. The van der Waals surface area contributed by atoms with Crippen molar-refractivity contribution >= 4 is 23.4 Å². The molecule has 1 aromatic carbocycles. The van der Waals surface area contributed by atoms with Crippen LogP contribution in [0.1, 0.15) is 39.3 Å². The molecule has 0 aliphatic carbocycles. The summed E-state index contributed by atoms with van der Waals surface area (Å²) in [6, 6.07) is 6.78. The molecule has 0 bridgehead atoms. The van der Waals surface area contributed by atoms with Crippen LogP contribution in [0.3, 0.4) is 0 Å². The molecule has 0 radical (unpaired) electrons. The van der Waals surface area contributed by atoms with Crippen molar-refractivity contribution in [3.8, 4) is 0 Å². The number of thioether (sulfide) groups is 1. The molecule has 1 rings (SSSR count). The number of nitrogens with zero attached hydrogens (tertiary/aromatic N) is 1. The van der Waals surface area contributed by atoms with Crippen LogP contribution in [0.2, 0.25) is 5.02 Å². The van der Waals surface area contributed by atoms with E-state index in [-0.39, 0.29) is 0 Å². The van der Waals surface area contributed by atoms with Gasteiger partial charge in [-0.2, -0.15) is 0 Å². The van der Waals surface area contributed by atoms with Gasteiger partial charge in [0.05, 0.1) is 5.02 Å². The first-order valence-corrected chi connectivity index (χ1v) is 8.86. The Morgan fingerprint density at radius 3 is 2.50 bits per heavy atom. The lowest BCUT2D eigenvalue weighted by Crippen LogP contribution is -2.25. The second-order valence-electron chi connectivity index (χ2n) is 4.84. The Morgan fingerprint density at radius 1 is 1.25 bits per heavy atom. The van der Waals surface area contributed by atoms with Crippen LogP contribution in [-0.4, -0.2) is 36.8 Å². The van der Waals surface area contributed by atoms with E-state index in [4.69, 9.17) is 11.6 Å². The van der Waals surface area contributed by atoms with Crippen molar-refractivity contribution in [2.45, 2.75) is 38.6 Å². The van der Waals surface area contributed by atoms with E-state index < -0.39 is 0 Å². The van der Waals surface area contributed by atoms with E-state index in [0.29, 0.717) is 6.04 Å². The third kappa shape index (κ3) is 5.65. The maximum absolute atomic E-state index is 6.39. The molecule has 0 saturated heterocycles. The van der Waals surface area contributed by atoms with Crippen molar-refractivity contribution in [1.29, 1.82) is 0 Å². The molecule has 1 N–H and O–H groups in total. The fourth-order valence-corrected chi connectivity index (χ4v) is 3.44. The van der Waals surface area contributed by atoms with Crippen LogP contribution < -0.4 is 5.32 Å². The first-order valence-electron chi connectivity index (χ1n) is 7.50. The zero-order valence-corrected chi connectivity index (χ0v) is 14.7. The summed E-state index contributed by atoms with van der Waals surface area (Å²) in [4.78, 5) is 3.62. The van der Waals surface area contributed by atoms with Crippen molar-refractivity contribution in [1.82, 2.24) is 10.2 Å². The van der Waals surface area contributed by atoms with Gasteiger partial charge in [0, 0.05) is 23.2 Å². The van der Waals surface area contributed by atoms with E-state index in [9.17, 15) is 0 Å². The van der Waals surface area contributed by atoms with Gasteiger partial charge >= 0.3 is 0 Å². The minimum absolute atomic E-state index is 0.354. The topological polar surface area (TPSA) is 15.3 Å². The quantitative estimate of drug-likeness (QED) is 0.678. The molecular weight excluding hydrogens is 288 g/mol. The summed E-state index contributed by atoms with van der Waals surface area (Å²) in [7, 11) is 0. The molecule has 1 atom stereocenters. The van der Waals surface area contributed by atoms with Gasteiger partial charge < -0.3 is 10.2 Å². The molecule has 0 fully saturated rings. The van der Waals surface area contributed by atoms with Gasteiger partial charge in [-0.05, 0) is 44.3 Å². The lowest BCUT2D eigenvalue weighted by atomic mass is 10.1. The predicted molar refractivity (Wildman–Crippen MR) is 92.1 cm³/mol. The molecule has 4 heteroatoms. The summed E-state index contributed by atoms with van der Waals surface area (Å²) in [5.41, 5.74) is 1.25. The Balaban J connectivity index is 2.55. The van der Waals surface area contributed by atoms with Crippen LogP contribution in [0.15, 0.2) is 23.1 Å². The second kappa shape index (κ2) is 9.67. The zero-order valence-electron chi connectivity index (χ0n) is 13.1. The lowest BCUT2D eigenvalue weighted by molar-refractivity contribution is 0.324. The molecule has 1 aromatic rings. The highest BCUT2D eigenvalue weighted by Crippen LogP contribution is 2.29. The number of nitrogens with one attached hydrogen (secondary N) is 1.